The van der Waals surface area contributed by atoms with Crippen LogP contribution in [-0.2, 0) is 11.8 Å². The molecule has 2 spiro atoms. The van der Waals surface area contributed by atoms with Crippen LogP contribution in [0.5, 0.6) is 0 Å². The van der Waals surface area contributed by atoms with Gasteiger partial charge >= 0.3 is 23.5 Å². The summed E-state index contributed by atoms with van der Waals surface area (Å²) in [6, 6.07) is 134. The van der Waals surface area contributed by atoms with E-state index < -0.39 is 11.8 Å². The highest BCUT2D eigenvalue weighted by Gasteiger charge is 2.75. The van der Waals surface area contributed by atoms with E-state index >= 15 is 0 Å². The first kappa shape index (κ1) is 62.8. The molecule has 16 heterocycles. The summed E-state index contributed by atoms with van der Waals surface area (Å²) in [7, 11) is 0. The molecule has 0 saturated heterocycles. The van der Waals surface area contributed by atoms with Crippen molar-refractivity contribution >= 4 is 160 Å². The first-order valence-electron chi connectivity index (χ1n) is 42.0. The zero-order chi connectivity index (χ0) is 78.6. The summed E-state index contributed by atoms with van der Waals surface area (Å²) < 4.78 is 20.8. The number of fused-ring (bicyclic) bond motifs is 28. The van der Waals surface area contributed by atoms with E-state index in [4.69, 9.17) is 20.0 Å². The number of aromatic nitrogens is 4. The third kappa shape index (κ3) is 7.10. The van der Waals surface area contributed by atoms with Crippen molar-refractivity contribution in [1.29, 1.82) is 0 Å². The molecular formula is C110H60N12+4. The van der Waals surface area contributed by atoms with Crippen molar-refractivity contribution in [1.82, 2.24) is 18.3 Å². The van der Waals surface area contributed by atoms with Gasteiger partial charge in [0.1, 0.15) is 0 Å². The number of hydrogen-bond donors (Lipinski definition) is 0. The van der Waals surface area contributed by atoms with E-state index in [2.05, 4.69) is 401 Å². The van der Waals surface area contributed by atoms with Crippen LogP contribution in [0.2, 0.25) is 0 Å². The van der Waals surface area contributed by atoms with Gasteiger partial charge in [0.25, 0.3) is 22.6 Å². The number of nitrogens with zero attached hydrogens (tertiary/aromatic N) is 12. The van der Waals surface area contributed by atoms with Crippen molar-refractivity contribution in [3.8, 4) is 0 Å². The molecule has 12 aliphatic rings. The van der Waals surface area contributed by atoms with Crippen molar-refractivity contribution in [2.45, 2.75) is 11.8 Å². The van der Waals surface area contributed by atoms with Crippen LogP contribution < -0.4 is 21.8 Å². The molecule has 32 rings (SSSR count). The normalized spacial score (nSPS) is 18.2. The molecule has 0 saturated carbocycles. The topological polar surface area (TPSA) is 81.2 Å². The minimum atomic E-state index is -1.03. The highest BCUT2D eigenvalue weighted by atomic mass is 15.7. The molecule has 0 aliphatic carbocycles. The Morgan fingerprint density at radius 2 is 0.541 bits per heavy atom. The fourth-order valence-electron chi connectivity index (χ4n) is 23.6. The molecule has 0 N–H and O–H groups in total. The predicted octanol–water partition coefficient (Wildman–Crippen LogP) is 19.2. The van der Waals surface area contributed by atoms with Gasteiger partial charge in [-0.1, -0.05) is 295 Å². The van der Waals surface area contributed by atoms with Crippen LogP contribution >= 0.6 is 0 Å². The second-order valence-corrected chi connectivity index (χ2v) is 33.8. The van der Waals surface area contributed by atoms with Gasteiger partial charge in [-0.2, -0.15) is 13.7 Å². The third-order valence-corrected chi connectivity index (χ3v) is 28.1. The fourth-order valence-corrected chi connectivity index (χ4v) is 23.6. The third-order valence-electron chi connectivity index (χ3n) is 28.1. The molecule has 2 unspecified atom stereocenters. The number of benzene rings is 16. The molecule has 12 heteroatoms. The lowest BCUT2D eigenvalue weighted by Crippen LogP contribution is -2.71. The SMILES string of the molecule is c1ccc(C2=C3c4cc5ccccc5cc4C4=[N+]3C35n6c(c7ccccc7c62)N=C2c6ccccc6C(=[N+]23)N=c2c3cc6ccccc6cc3c(n25)=C4c2ccccc2)cc1.c1ccc(C2=C3c4ccccc4C4=[N+]3C35n6c2c2ccccc2c6C(c2ccccc2)=C2c6cc7ccccc7cc6C(=[N+]23)N=c2c3cc6ccccc6cc3c(n25)=N4)cc1. The second kappa shape index (κ2) is 21.7. The average Bonchev–Trinajstić information content (AvgIpc) is 1.45. The van der Waals surface area contributed by atoms with Crippen LogP contribution in [0, 0.1) is 0 Å². The first-order chi connectivity index (χ1) is 60.6. The summed E-state index contributed by atoms with van der Waals surface area (Å²) in [6.07, 6.45) is 0. The highest BCUT2D eigenvalue weighted by Crippen LogP contribution is 2.62. The maximum absolute atomic E-state index is 5.91. The van der Waals surface area contributed by atoms with E-state index in [0.717, 1.165) is 117 Å². The van der Waals surface area contributed by atoms with Gasteiger partial charge in [-0.05, 0) is 154 Å². The van der Waals surface area contributed by atoms with E-state index in [9.17, 15) is 0 Å². The summed E-state index contributed by atoms with van der Waals surface area (Å²) in [6.45, 7) is 0. The Hall–Kier alpha value is -16.4. The van der Waals surface area contributed by atoms with Crippen LogP contribution in [0.4, 0.5) is 5.82 Å². The molecule has 2 atom stereocenters. The number of aliphatic imine (C=N–C) groups is 1. The van der Waals surface area contributed by atoms with Crippen molar-refractivity contribution in [2.24, 2.45) is 20.0 Å². The largest absolute Gasteiger partial charge is 0.482 e. The maximum atomic E-state index is 5.91. The van der Waals surface area contributed by atoms with Crippen molar-refractivity contribution in [3.63, 3.8) is 0 Å². The summed E-state index contributed by atoms with van der Waals surface area (Å²) in [4.78, 5) is 23.4. The predicted molar refractivity (Wildman–Crippen MR) is 483 cm³/mol. The summed E-state index contributed by atoms with van der Waals surface area (Å²) >= 11 is 0. The zero-order valence-corrected chi connectivity index (χ0v) is 65.0. The maximum Gasteiger partial charge on any atom is 0.482 e. The van der Waals surface area contributed by atoms with Gasteiger partial charge in [0.15, 0.2) is 11.4 Å². The number of amidine groups is 4. The molecule has 0 radical (unpaired) electrons. The van der Waals surface area contributed by atoms with E-state index in [0.29, 0.717) is 0 Å². The lowest BCUT2D eigenvalue weighted by atomic mass is 9.89. The molecule has 20 aromatic rings. The van der Waals surface area contributed by atoms with Gasteiger partial charge in [0, 0.05) is 43.4 Å². The first-order valence-corrected chi connectivity index (χ1v) is 42.0. The molecular weight excluding hydrogens is 1490 g/mol. The Morgan fingerprint density at radius 1 is 0.213 bits per heavy atom. The van der Waals surface area contributed by atoms with E-state index in [1.807, 2.05) is 0 Å². The minimum absolute atomic E-state index is 0.918. The van der Waals surface area contributed by atoms with Gasteiger partial charge in [0.05, 0.1) is 88.9 Å². The molecule has 16 aromatic carbocycles. The average molecular weight is 1550 g/mol. The number of hydrogen-bond acceptors (Lipinski definition) is 4. The van der Waals surface area contributed by atoms with Gasteiger partial charge in [-0.25, -0.2) is 4.57 Å². The molecule has 0 fully saturated rings. The Labute approximate surface area is 693 Å². The van der Waals surface area contributed by atoms with Gasteiger partial charge in [-0.3, -0.25) is 0 Å². The Kier molecular flexibility index (Phi) is 11.1. The van der Waals surface area contributed by atoms with Crippen LogP contribution in [0.1, 0.15) is 83.8 Å². The van der Waals surface area contributed by atoms with Crippen molar-refractivity contribution < 1.29 is 18.3 Å². The lowest BCUT2D eigenvalue weighted by molar-refractivity contribution is -0.808. The molecule has 12 aliphatic heterocycles. The summed E-state index contributed by atoms with van der Waals surface area (Å²) in [5.74, 6) is 2.63. The highest BCUT2D eigenvalue weighted by molar-refractivity contribution is 6.35. The Morgan fingerprint density at radius 3 is 1.05 bits per heavy atom. The Balaban J connectivity index is 0.000000118. The molecule has 556 valence electrons. The van der Waals surface area contributed by atoms with Gasteiger partial charge < -0.3 is 0 Å². The molecule has 0 amide bonds. The van der Waals surface area contributed by atoms with Crippen LogP contribution in [0.3, 0.4) is 0 Å². The number of rotatable bonds is 4. The monoisotopic (exact) mass is 1550 g/mol. The van der Waals surface area contributed by atoms with Crippen molar-refractivity contribution in [2.75, 3.05) is 0 Å². The van der Waals surface area contributed by atoms with Crippen LogP contribution in [0.25, 0.3) is 126 Å². The molecule has 0 bridgehead atoms. The van der Waals surface area contributed by atoms with Crippen molar-refractivity contribution in [3.05, 3.63) is 470 Å². The van der Waals surface area contributed by atoms with Crippen LogP contribution in [-0.4, -0.2) is 65.6 Å². The fraction of sp³-hybridized carbons (Fsp3) is 0.0182. The minimum Gasteiger partial charge on any atom is -0.240 e. The summed E-state index contributed by atoms with van der Waals surface area (Å²) in [5, 5.41) is 20.0. The standard InChI is InChI=1S/2C55H30N6/c1-3-15-31(16-4-1)45-47-37-23-11-12-24-38(37)51-56-52-39-25-13-14-26-40(39)53-57-54-44-30-36-22-10-9-21-35(36)29-43(44)50-46(32-17-5-2-6-18-32)49-42-28-34-20-8-7-19-33(34)27-41(42)48(45)58(49)55(59(47)51,60(50)54)61(52)53;1-3-15-31(16-4-1)45-47-37-23-11-12-24-38(37)48-46(32-17-5-2-6-18-32)50-41-27-33-19-7-8-20-34(33)28-42(41)52-57-54-44-30-36-22-10-9-21-35(36)29-43(44)53-56-51-40-26-14-13-25-39(40)49(45)59(51)55(58(47)48,60(50)52)61(53)54/h2*1-30H/q2*+2. The molecule has 4 aromatic heterocycles. The molecule has 12 nitrogen and oxygen atoms in total. The van der Waals surface area contributed by atoms with E-state index in [1.165, 1.54) is 149 Å². The second-order valence-electron chi connectivity index (χ2n) is 33.8. The van der Waals surface area contributed by atoms with Gasteiger partial charge in [-0.15, -0.1) is 18.3 Å². The lowest BCUT2D eigenvalue weighted by Gasteiger charge is -2.43. The van der Waals surface area contributed by atoms with E-state index in [-0.39, 0.29) is 0 Å². The molecule has 122 heavy (non-hydrogen) atoms. The smallest absolute Gasteiger partial charge is 0.240 e. The summed E-state index contributed by atoms with van der Waals surface area (Å²) in [5.41, 5.74) is 29.7. The Bertz CT molecular complexity index is 9230. The van der Waals surface area contributed by atoms with Gasteiger partial charge in [0.2, 0.25) is 22.7 Å². The van der Waals surface area contributed by atoms with E-state index in [1.54, 1.807) is 0 Å². The quantitative estimate of drug-likeness (QED) is 0.157. The zero-order valence-electron chi connectivity index (χ0n) is 65.0. The van der Waals surface area contributed by atoms with Crippen LogP contribution in [0.15, 0.2) is 384 Å².